The summed E-state index contributed by atoms with van der Waals surface area (Å²) in [7, 11) is 0. The molecule has 0 saturated carbocycles. The van der Waals surface area contributed by atoms with Gasteiger partial charge in [0.25, 0.3) is 0 Å². The fourth-order valence-electron chi connectivity index (χ4n) is 3.68. The van der Waals surface area contributed by atoms with E-state index in [2.05, 4.69) is 36.8 Å². The van der Waals surface area contributed by atoms with E-state index in [1.54, 1.807) is 0 Å². The van der Waals surface area contributed by atoms with Crippen molar-refractivity contribution in [3.63, 3.8) is 0 Å². The monoisotopic (exact) mass is 368 g/mol. The number of aromatic nitrogens is 3. The summed E-state index contributed by atoms with van der Waals surface area (Å²) in [5.74, 6) is 0.836. The number of anilines is 1. The number of hydrogen-bond acceptors (Lipinski definition) is 7. The van der Waals surface area contributed by atoms with Gasteiger partial charge in [-0.25, -0.2) is 9.97 Å². The van der Waals surface area contributed by atoms with Crippen LogP contribution in [0.2, 0.25) is 0 Å². The van der Waals surface area contributed by atoms with Crippen molar-refractivity contribution in [1.29, 1.82) is 0 Å². The summed E-state index contributed by atoms with van der Waals surface area (Å²) in [6, 6.07) is 8.19. The molecule has 4 heterocycles. The first kappa shape index (κ1) is 18.3. The third kappa shape index (κ3) is 5.22. The van der Waals surface area contributed by atoms with E-state index in [-0.39, 0.29) is 0 Å². The van der Waals surface area contributed by atoms with E-state index < -0.39 is 0 Å². The van der Waals surface area contributed by atoms with E-state index >= 15 is 0 Å². The highest BCUT2D eigenvalue weighted by Crippen LogP contribution is 2.13. The van der Waals surface area contributed by atoms with Gasteiger partial charge in [-0.2, -0.15) is 0 Å². The van der Waals surface area contributed by atoms with E-state index in [0.717, 1.165) is 82.9 Å². The molecule has 0 atom stereocenters. The molecule has 2 aliphatic heterocycles. The molecule has 2 aliphatic rings. The summed E-state index contributed by atoms with van der Waals surface area (Å²) >= 11 is 0. The number of hydrogen-bond donors (Lipinski definition) is 0. The zero-order valence-corrected chi connectivity index (χ0v) is 15.8. The van der Waals surface area contributed by atoms with Crippen LogP contribution in [0.3, 0.4) is 0 Å². The van der Waals surface area contributed by atoms with Crippen molar-refractivity contribution in [3.8, 4) is 0 Å². The molecule has 7 heteroatoms. The minimum atomic E-state index is 0.756. The lowest BCUT2D eigenvalue weighted by atomic mass is 10.3. The standard InChI is InChI=1S/C20H28N6O/c1-2-6-21-18(4-1)16-24-8-3-9-25(11-10-24)17-19-5-7-22-20(23-19)26-12-14-27-15-13-26/h1-2,4-7H,3,8-17H2. The average molecular weight is 368 g/mol. The van der Waals surface area contributed by atoms with Crippen LogP contribution in [0.1, 0.15) is 17.8 Å². The molecule has 4 rings (SSSR count). The van der Waals surface area contributed by atoms with Gasteiger partial charge in [-0.05, 0) is 37.7 Å². The fourth-order valence-corrected chi connectivity index (χ4v) is 3.68. The van der Waals surface area contributed by atoms with E-state index in [4.69, 9.17) is 9.72 Å². The Hall–Kier alpha value is -2.09. The molecule has 2 saturated heterocycles. The van der Waals surface area contributed by atoms with E-state index in [0.29, 0.717) is 0 Å². The molecular formula is C20H28N6O. The second-order valence-electron chi connectivity index (χ2n) is 7.17. The van der Waals surface area contributed by atoms with Crippen molar-refractivity contribution < 1.29 is 4.74 Å². The quantitative estimate of drug-likeness (QED) is 0.791. The van der Waals surface area contributed by atoms with Gasteiger partial charge in [-0.1, -0.05) is 6.07 Å². The maximum absolute atomic E-state index is 5.42. The molecule has 0 spiro atoms. The van der Waals surface area contributed by atoms with Gasteiger partial charge in [-0.15, -0.1) is 0 Å². The smallest absolute Gasteiger partial charge is 0.225 e. The van der Waals surface area contributed by atoms with Crippen LogP contribution in [0.25, 0.3) is 0 Å². The molecule has 27 heavy (non-hydrogen) atoms. The Labute approximate surface area is 161 Å². The largest absolute Gasteiger partial charge is 0.378 e. The predicted molar refractivity (Wildman–Crippen MR) is 104 cm³/mol. The van der Waals surface area contributed by atoms with Gasteiger partial charge in [0.2, 0.25) is 5.95 Å². The van der Waals surface area contributed by atoms with Gasteiger partial charge in [0.1, 0.15) is 0 Å². The third-order valence-electron chi connectivity index (χ3n) is 5.17. The summed E-state index contributed by atoms with van der Waals surface area (Å²) in [4.78, 5) is 20.9. The normalized spacial score (nSPS) is 19.8. The van der Waals surface area contributed by atoms with Crippen molar-refractivity contribution in [3.05, 3.63) is 48.0 Å². The van der Waals surface area contributed by atoms with Crippen molar-refractivity contribution >= 4 is 5.95 Å². The van der Waals surface area contributed by atoms with Gasteiger partial charge in [0.05, 0.1) is 24.6 Å². The van der Waals surface area contributed by atoms with Crippen LogP contribution in [-0.2, 0) is 17.8 Å². The van der Waals surface area contributed by atoms with Gasteiger partial charge < -0.3 is 9.64 Å². The zero-order valence-electron chi connectivity index (χ0n) is 15.8. The molecule has 2 aromatic rings. The summed E-state index contributed by atoms with van der Waals surface area (Å²) in [6.07, 6.45) is 4.94. The van der Waals surface area contributed by atoms with E-state index in [9.17, 15) is 0 Å². The zero-order chi connectivity index (χ0) is 18.3. The number of nitrogens with zero attached hydrogens (tertiary/aromatic N) is 6. The third-order valence-corrected chi connectivity index (χ3v) is 5.17. The van der Waals surface area contributed by atoms with Gasteiger partial charge in [-0.3, -0.25) is 14.8 Å². The molecular weight excluding hydrogens is 340 g/mol. The Morgan fingerprint density at radius 1 is 0.778 bits per heavy atom. The van der Waals surface area contributed by atoms with Crippen molar-refractivity contribution in [2.45, 2.75) is 19.5 Å². The first-order chi connectivity index (χ1) is 13.4. The molecule has 144 valence electrons. The summed E-state index contributed by atoms with van der Waals surface area (Å²) in [5, 5.41) is 0. The number of morpholine rings is 1. The lowest BCUT2D eigenvalue weighted by Gasteiger charge is -2.27. The van der Waals surface area contributed by atoms with Crippen molar-refractivity contribution in [1.82, 2.24) is 24.8 Å². The highest BCUT2D eigenvalue weighted by Gasteiger charge is 2.18. The van der Waals surface area contributed by atoms with Crippen LogP contribution in [0.4, 0.5) is 5.95 Å². The minimum Gasteiger partial charge on any atom is -0.378 e. The SMILES string of the molecule is c1ccc(CN2CCCN(Cc3ccnc(N4CCOCC4)n3)CC2)nc1. The lowest BCUT2D eigenvalue weighted by Crippen LogP contribution is -2.37. The highest BCUT2D eigenvalue weighted by atomic mass is 16.5. The summed E-state index contributed by atoms with van der Waals surface area (Å²) < 4.78 is 5.42. The molecule has 7 nitrogen and oxygen atoms in total. The Morgan fingerprint density at radius 3 is 2.30 bits per heavy atom. The van der Waals surface area contributed by atoms with Crippen LogP contribution in [0.5, 0.6) is 0 Å². The predicted octanol–water partition coefficient (Wildman–Crippen LogP) is 1.42. The molecule has 0 radical (unpaired) electrons. The maximum atomic E-state index is 5.42. The number of rotatable bonds is 5. The Morgan fingerprint density at radius 2 is 1.56 bits per heavy atom. The van der Waals surface area contributed by atoms with Gasteiger partial charge in [0.15, 0.2) is 0 Å². The summed E-state index contributed by atoms with van der Waals surface area (Å²) in [6.45, 7) is 9.43. The molecule has 0 unspecified atom stereocenters. The van der Waals surface area contributed by atoms with E-state index in [1.165, 1.54) is 6.42 Å². The molecule has 0 aromatic carbocycles. The van der Waals surface area contributed by atoms with Crippen LogP contribution < -0.4 is 4.90 Å². The second-order valence-corrected chi connectivity index (χ2v) is 7.17. The lowest BCUT2D eigenvalue weighted by molar-refractivity contribution is 0.122. The second kappa shape index (κ2) is 9.21. The topological polar surface area (TPSA) is 57.6 Å². The molecule has 0 N–H and O–H groups in total. The maximum Gasteiger partial charge on any atom is 0.225 e. The molecule has 0 bridgehead atoms. The Balaban J connectivity index is 1.32. The number of pyridine rings is 1. The van der Waals surface area contributed by atoms with Gasteiger partial charge in [0, 0.05) is 51.7 Å². The van der Waals surface area contributed by atoms with Crippen LogP contribution >= 0.6 is 0 Å². The van der Waals surface area contributed by atoms with E-state index in [1.807, 2.05) is 24.5 Å². The minimum absolute atomic E-state index is 0.756. The Bertz CT molecular complexity index is 707. The van der Waals surface area contributed by atoms with Crippen LogP contribution in [0.15, 0.2) is 36.7 Å². The van der Waals surface area contributed by atoms with Crippen molar-refractivity contribution in [2.24, 2.45) is 0 Å². The summed E-state index contributed by atoms with van der Waals surface area (Å²) in [5.41, 5.74) is 2.25. The molecule has 2 fully saturated rings. The average Bonchev–Trinajstić information content (AvgIpc) is 2.95. The molecule has 0 amide bonds. The number of ether oxygens (including phenoxy) is 1. The fraction of sp³-hybridized carbons (Fsp3) is 0.550. The van der Waals surface area contributed by atoms with Crippen molar-refractivity contribution in [2.75, 3.05) is 57.4 Å². The first-order valence-electron chi connectivity index (χ1n) is 9.86. The Kier molecular flexibility index (Phi) is 6.24. The first-order valence-corrected chi connectivity index (χ1v) is 9.86. The highest BCUT2D eigenvalue weighted by molar-refractivity contribution is 5.30. The van der Waals surface area contributed by atoms with Gasteiger partial charge >= 0.3 is 0 Å². The molecule has 0 aliphatic carbocycles. The molecule has 2 aromatic heterocycles. The van der Waals surface area contributed by atoms with Crippen LogP contribution in [0, 0.1) is 0 Å². The van der Waals surface area contributed by atoms with Crippen LogP contribution in [-0.4, -0.2) is 77.2 Å².